The van der Waals surface area contributed by atoms with Crippen molar-refractivity contribution >= 4 is 12.0 Å². The maximum Gasteiger partial charge on any atom is 0.326 e. The minimum absolute atomic E-state index is 0.225. The number of carboxylic acid groups (broad SMARTS) is 1. The lowest BCUT2D eigenvalue weighted by Gasteiger charge is -2.37. The van der Waals surface area contributed by atoms with Crippen molar-refractivity contribution in [3.05, 3.63) is 0 Å². The second kappa shape index (κ2) is 7.44. The van der Waals surface area contributed by atoms with Crippen molar-refractivity contribution in [3.8, 4) is 0 Å². The molecule has 0 radical (unpaired) electrons. The minimum atomic E-state index is -1.06. The van der Waals surface area contributed by atoms with Gasteiger partial charge in [0.2, 0.25) is 0 Å². The lowest BCUT2D eigenvalue weighted by atomic mass is 9.95. The number of carbonyl (C=O) groups is 2. The van der Waals surface area contributed by atoms with Crippen molar-refractivity contribution < 1.29 is 24.5 Å². The van der Waals surface area contributed by atoms with E-state index in [1.165, 1.54) is 4.90 Å². The molecule has 2 atom stereocenters. The first-order chi connectivity index (χ1) is 9.35. The Morgan fingerprint density at radius 1 is 1.50 bits per heavy atom. The summed E-state index contributed by atoms with van der Waals surface area (Å²) in [6.45, 7) is 2.90. The van der Waals surface area contributed by atoms with Gasteiger partial charge in [0.05, 0.1) is 12.1 Å². The van der Waals surface area contributed by atoms with Gasteiger partial charge in [0, 0.05) is 20.3 Å². The van der Waals surface area contributed by atoms with E-state index in [2.05, 4.69) is 5.32 Å². The lowest BCUT2D eigenvalue weighted by Crippen LogP contribution is -2.54. The number of methoxy groups -OCH3 is 1. The van der Waals surface area contributed by atoms with Crippen LogP contribution in [0.15, 0.2) is 0 Å². The molecule has 1 heterocycles. The maximum absolute atomic E-state index is 12.0. The van der Waals surface area contributed by atoms with Crippen molar-refractivity contribution in [2.45, 2.75) is 44.2 Å². The van der Waals surface area contributed by atoms with E-state index in [0.717, 1.165) is 0 Å². The molecule has 0 aliphatic carbocycles. The predicted octanol–water partition coefficient (Wildman–Crippen LogP) is 0.423. The first-order valence-corrected chi connectivity index (χ1v) is 6.85. The average molecular weight is 288 g/mol. The molecule has 1 saturated heterocycles. The number of urea groups is 1. The Kier molecular flexibility index (Phi) is 6.22. The molecule has 2 unspecified atom stereocenters. The van der Waals surface area contributed by atoms with Gasteiger partial charge in [-0.15, -0.1) is 0 Å². The number of carbonyl (C=O) groups excluding carboxylic acids is 1. The second-order valence-electron chi connectivity index (χ2n) is 5.50. The van der Waals surface area contributed by atoms with Crippen molar-refractivity contribution in [1.82, 2.24) is 10.2 Å². The second-order valence-corrected chi connectivity index (χ2v) is 5.50. The molecule has 0 aromatic rings. The molecule has 1 fully saturated rings. The van der Waals surface area contributed by atoms with Gasteiger partial charge in [-0.3, -0.25) is 0 Å². The molecular weight excluding hydrogens is 264 g/mol. The average Bonchev–Trinajstić information content (AvgIpc) is 2.36. The molecule has 0 saturated carbocycles. The van der Waals surface area contributed by atoms with E-state index in [1.807, 2.05) is 0 Å². The summed E-state index contributed by atoms with van der Waals surface area (Å²) in [7, 11) is 1.55. The number of hydrogen-bond acceptors (Lipinski definition) is 4. The van der Waals surface area contributed by atoms with Gasteiger partial charge in [0.1, 0.15) is 6.04 Å². The number of nitrogens with one attached hydrogen (secondary N) is 1. The smallest absolute Gasteiger partial charge is 0.326 e. The Bertz CT molecular complexity index is 346. The fourth-order valence-corrected chi connectivity index (χ4v) is 2.32. The number of likely N-dealkylation sites (tertiary alicyclic amines) is 1. The normalized spacial score (nSPS) is 24.2. The number of aliphatic carboxylic acids is 1. The number of ether oxygens (including phenoxy) is 1. The third-order valence-electron chi connectivity index (χ3n) is 3.40. The van der Waals surface area contributed by atoms with Crippen LogP contribution in [0.5, 0.6) is 0 Å². The number of β-amino-alcohol motifs (C(OH)–C–C–N with tert-alkyl or cyclic N) is 1. The summed E-state index contributed by atoms with van der Waals surface area (Å²) in [5.41, 5.74) is -0.898. The first kappa shape index (κ1) is 16.7. The fourth-order valence-electron chi connectivity index (χ4n) is 2.32. The van der Waals surface area contributed by atoms with Gasteiger partial charge >= 0.3 is 12.0 Å². The summed E-state index contributed by atoms with van der Waals surface area (Å²) in [6.07, 6.45) is 2.24. The summed E-state index contributed by atoms with van der Waals surface area (Å²) in [4.78, 5) is 24.6. The van der Waals surface area contributed by atoms with Crippen LogP contribution in [0.2, 0.25) is 0 Å². The summed E-state index contributed by atoms with van der Waals surface area (Å²) in [5.74, 6) is -1.06. The highest BCUT2D eigenvalue weighted by Gasteiger charge is 2.32. The fraction of sp³-hybridized carbons (Fsp3) is 0.846. The van der Waals surface area contributed by atoms with Gasteiger partial charge in [-0.25, -0.2) is 9.59 Å². The molecule has 1 aliphatic heterocycles. The van der Waals surface area contributed by atoms with Gasteiger partial charge in [0.25, 0.3) is 0 Å². The molecule has 0 bridgehead atoms. The van der Waals surface area contributed by atoms with Crippen molar-refractivity contribution in [3.63, 3.8) is 0 Å². The van der Waals surface area contributed by atoms with Gasteiger partial charge < -0.3 is 25.2 Å². The Hall–Kier alpha value is -1.34. The molecule has 0 spiro atoms. The van der Waals surface area contributed by atoms with Crippen LogP contribution in [0.3, 0.4) is 0 Å². The van der Waals surface area contributed by atoms with E-state index >= 15 is 0 Å². The largest absolute Gasteiger partial charge is 0.480 e. The quantitative estimate of drug-likeness (QED) is 0.615. The predicted molar refractivity (Wildman–Crippen MR) is 72.5 cm³/mol. The number of amides is 2. The van der Waals surface area contributed by atoms with E-state index in [1.54, 1.807) is 14.0 Å². The maximum atomic E-state index is 12.0. The van der Waals surface area contributed by atoms with E-state index in [0.29, 0.717) is 38.8 Å². The van der Waals surface area contributed by atoms with Gasteiger partial charge in [-0.1, -0.05) is 0 Å². The SMILES string of the molecule is COCCCC(NC(=O)N1CCCC(C)(O)C1)C(=O)O. The zero-order valence-corrected chi connectivity index (χ0v) is 12.1. The topological polar surface area (TPSA) is 99.1 Å². The van der Waals surface area contributed by atoms with E-state index in [-0.39, 0.29) is 6.54 Å². The van der Waals surface area contributed by atoms with E-state index in [4.69, 9.17) is 9.84 Å². The number of aliphatic hydroxyl groups is 1. The molecule has 7 heteroatoms. The first-order valence-electron chi connectivity index (χ1n) is 6.85. The Morgan fingerprint density at radius 2 is 2.20 bits per heavy atom. The summed E-state index contributed by atoms with van der Waals surface area (Å²) < 4.78 is 4.87. The molecule has 1 aliphatic rings. The van der Waals surface area contributed by atoms with Crippen LogP contribution in [-0.4, -0.2) is 65.6 Å². The van der Waals surface area contributed by atoms with Crippen LogP contribution in [0.25, 0.3) is 0 Å². The molecule has 0 aromatic heterocycles. The van der Waals surface area contributed by atoms with Gasteiger partial charge in [-0.05, 0) is 32.6 Å². The van der Waals surface area contributed by atoms with Gasteiger partial charge in [-0.2, -0.15) is 0 Å². The highest BCUT2D eigenvalue weighted by molar-refractivity contribution is 5.82. The third-order valence-corrected chi connectivity index (χ3v) is 3.40. The Labute approximate surface area is 118 Å². The number of piperidine rings is 1. The van der Waals surface area contributed by atoms with Crippen LogP contribution in [0.4, 0.5) is 4.79 Å². The monoisotopic (exact) mass is 288 g/mol. The van der Waals surface area contributed by atoms with Crippen LogP contribution in [0, 0.1) is 0 Å². The molecule has 3 N–H and O–H groups in total. The zero-order chi connectivity index (χ0) is 15.2. The highest BCUT2D eigenvalue weighted by Crippen LogP contribution is 2.20. The number of rotatable bonds is 6. The Morgan fingerprint density at radius 3 is 2.75 bits per heavy atom. The number of nitrogens with zero attached hydrogens (tertiary/aromatic N) is 1. The van der Waals surface area contributed by atoms with Crippen LogP contribution in [-0.2, 0) is 9.53 Å². The summed E-state index contributed by atoms with van der Waals surface area (Å²) >= 11 is 0. The molecule has 1 rings (SSSR count). The van der Waals surface area contributed by atoms with E-state index in [9.17, 15) is 14.7 Å². The number of carboxylic acids is 1. The minimum Gasteiger partial charge on any atom is -0.480 e. The lowest BCUT2D eigenvalue weighted by molar-refractivity contribution is -0.139. The van der Waals surface area contributed by atoms with E-state index < -0.39 is 23.6 Å². The highest BCUT2D eigenvalue weighted by atomic mass is 16.5. The van der Waals surface area contributed by atoms with Crippen LogP contribution in [0.1, 0.15) is 32.6 Å². The molecular formula is C13H24N2O5. The third kappa shape index (κ3) is 5.34. The zero-order valence-electron chi connectivity index (χ0n) is 12.1. The molecule has 116 valence electrons. The standard InChI is InChI=1S/C13H24N2O5/c1-13(19)6-4-7-15(9-13)12(18)14-10(11(16)17)5-3-8-20-2/h10,19H,3-9H2,1-2H3,(H,14,18)(H,16,17). The van der Waals surface area contributed by atoms with Crippen LogP contribution < -0.4 is 5.32 Å². The Balaban J connectivity index is 2.50. The molecule has 2 amide bonds. The van der Waals surface area contributed by atoms with Crippen LogP contribution >= 0.6 is 0 Å². The summed E-state index contributed by atoms with van der Waals surface area (Å²) in [6, 6.07) is -1.36. The van der Waals surface area contributed by atoms with Crippen molar-refractivity contribution in [2.24, 2.45) is 0 Å². The van der Waals surface area contributed by atoms with Gasteiger partial charge in [0.15, 0.2) is 0 Å². The number of hydrogen-bond donors (Lipinski definition) is 3. The summed E-state index contributed by atoms with van der Waals surface area (Å²) in [5, 5.41) is 21.6. The molecule has 20 heavy (non-hydrogen) atoms. The van der Waals surface area contributed by atoms with Crippen molar-refractivity contribution in [2.75, 3.05) is 26.8 Å². The molecule has 7 nitrogen and oxygen atoms in total. The molecule has 0 aromatic carbocycles. The van der Waals surface area contributed by atoms with Crippen molar-refractivity contribution in [1.29, 1.82) is 0 Å².